The Morgan fingerprint density at radius 3 is 2.66 bits per heavy atom. The number of nitrogens with zero attached hydrogens (tertiary/aromatic N) is 3. The lowest BCUT2D eigenvalue weighted by atomic mass is 10.2. The van der Waals surface area contributed by atoms with Crippen LogP contribution in [0, 0.1) is 17.2 Å². The Bertz CT molecular complexity index is 1150. The van der Waals surface area contributed by atoms with Gasteiger partial charge in [-0.1, -0.05) is 37.2 Å². The number of rotatable bonds is 6. The molecular weight excluding hydrogens is 408 g/mol. The van der Waals surface area contributed by atoms with Crippen LogP contribution in [0.25, 0.3) is 10.9 Å². The molecule has 0 saturated heterocycles. The summed E-state index contributed by atoms with van der Waals surface area (Å²) < 4.78 is 1.60. The predicted molar refractivity (Wildman–Crippen MR) is 116 cm³/mol. The number of fused-ring (bicyclic) bond motifs is 1. The van der Waals surface area contributed by atoms with E-state index >= 15 is 0 Å². The van der Waals surface area contributed by atoms with Crippen molar-refractivity contribution < 1.29 is 4.79 Å². The molecule has 0 aliphatic carbocycles. The highest BCUT2D eigenvalue weighted by molar-refractivity contribution is 7.99. The number of carbonyl (C=O) groups excluding carboxylic acids is 1. The van der Waals surface area contributed by atoms with Gasteiger partial charge in [0, 0.05) is 17.3 Å². The van der Waals surface area contributed by atoms with E-state index in [0.29, 0.717) is 38.9 Å². The third kappa shape index (κ3) is 5.17. The van der Waals surface area contributed by atoms with Gasteiger partial charge >= 0.3 is 0 Å². The lowest BCUT2D eigenvalue weighted by Gasteiger charge is -2.15. The molecule has 3 aromatic rings. The number of nitriles is 1. The molecule has 0 saturated carbocycles. The van der Waals surface area contributed by atoms with E-state index in [1.165, 1.54) is 11.8 Å². The average Bonchev–Trinajstić information content (AvgIpc) is 2.69. The fourth-order valence-electron chi connectivity index (χ4n) is 2.76. The highest BCUT2D eigenvalue weighted by Gasteiger charge is 2.15. The Morgan fingerprint density at radius 2 is 2.00 bits per heavy atom. The van der Waals surface area contributed by atoms with Crippen molar-refractivity contribution in [2.24, 2.45) is 5.92 Å². The van der Waals surface area contributed by atoms with Gasteiger partial charge in [0.15, 0.2) is 5.16 Å². The van der Waals surface area contributed by atoms with Gasteiger partial charge in [-0.3, -0.25) is 14.2 Å². The third-order valence-electron chi connectivity index (χ3n) is 4.06. The Balaban J connectivity index is 1.82. The van der Waals surface area contributed by atoms with E-state index in [1.807, 2.05) is 19.9 Å². The summed E-state index contributed by atoms with van der Waals surface area (Å²) in [7, 11) is 0. The number of halogens is 1. The zero-order valence-electron chi connectivity index (χ0n) is 16.0. The van der Waals surface area contributed by atoms with E-state index in [-0.39, 0.29) is 23.1 Å². The molecule has 29 heavy (non-hydrogen) atoms. The van der Waals surface area contributed by atoms with Gasteiger partial charge in [-0.15, -0.1) is 0 Å². The first-order chi connectivity index (χ1) is 13.9. The van der Waals surface area contributed by atoms with Crippen molar-refractivity contribution in [2.45, 2.75) is 25.5 Å². The van der Waals surface area contributed by atoms with E-state index in [0.717, 1.165) is 0 Å². The van der Waals surface area contributed by atoms with Crippen LogP contribution in [0.1, 0.15) is 19.4 Å². The molecule has 148 valence electrons. The smallest absolute Gasteiger partial charge is 0.262 e. The van der Waals surface area contributed by atoms with Crippen molar-refractivity contribution in [1.82, 2.24) is 9.55 Å². The summed E-state index contributed by atoms with van der Waals surface area (Å²) in [6.45, 7) is 4.52. The zero-order chi connectivity index (χ0) is 21.0. The number of thioether (sulfide) groups is 1. The molecule has 0 aliphatic rings. The molecule has 3 rings (SSSR count). The third-order valence-corrected chi connectivity index (χ3v) is 5.27. The van der Waals surface area contributed by atoms with Gasteiger partial charge in [0.25, 0.3) is 5.56 Å². The Hall–Kier alpha value is -2.82. The normalized spacial score (nSPS) is 10.9. The van der Waals surface area contributed by atoms with Crippen LogP contribution in [0.4, 0.5) is 5.69 Å². The van der Waals surface area contributed by atoms with Crippen molar-refractivity contribution in [3.63, 3.8) is 0 Å². The molecule has 0 aliphatic heterocycles. The van der Waals surface area contributed by atoms with E-state index in [1.54, 1.807) is 47.0 Å². The fraction of sp³-hybridized carbons (Fsp3) is 0.238. The molecule has 0 fully saturated rings. The maximum Gasteiger partial charge on any atom is 0.262 e. The number of anilines is 1. The van der Waals surface area contributed by atoms with Gasteiger partial charge < -0.3 is 5.32 Å². The van der Waals surface area contributed by atoms with Gasteiger partial charge in [-0.2, -0.15) is 5.26 Å². The van der Waals surface area contributed by atoms with Crippen molar-refractivity contribution in [3.8, 4) is 6.07 Å². The summed E-state index contributed by atoms with van der Waals surface area (Å²) in [6, 6.07) is 13.7. The topological polar surface area (TPSA) is 87.8 Å². The number of benzene rings is 2. The minimum Gasteiger partial charge on any atom is -0.325 e. The predicted octanol–water partition coefficient (Wildman–Crippen LogP) is 4.31. The van der Waals surface area contributed by atoms with Gasteiger partial charge in [0.05, 0.1) is 28.3 Å². The molecule has 1 aromatic heterocycles. The summed E-state index contributed by atoms with van der Waals surface area (Å²) >= 11 is 7.25. The van der Waals surface area contributed by atoms with Crippen LogP contribution in [0.5, 0.6) is 0 Å². The summed E-state index contributed by atoms with van der Waals surface area (Å²) in [6.07, 6.45) is 0. The van der Waals surface area contributed by atoms with Crippen LogP contribution < -0.4 is 10.9 Å². The van der Waals surface area contributed by atoms with Crippen LogP contribution in [0.2, 0.25) is 5.02 Å². The minimum atomic E-state index is -0.221. The molecule has 1 heterocycles. The van der Waals surface area contributed by atoms with Crippen LogP contribution in [0.3, 0.4) is 0 Å². The van der Waals surface area contributed by atoms with Gasteiger partial charge in [0.2, 0.25) is 5.91 Å². The lowest BCUT2D eigenvalue weighted by molar-refractivity contribution is -0.113. The second kappa shape index (κ2) is 9.12. The Morgan fingerprint density at radius 1 is 1.28 bits per heavy atom. The molecule has 0 spiro atoms. The van der Waals surface area contributed by atoms with Crippen LogP contribution in [0.15, 0.2) is 52.4 Å². The van der Waals surface area contributed by atoms with Gasteiger partial charge in [-0.25, -0.2) is 4.98 Å². The fourth-order valence-corrected chi connectivity index (χ4v) is 3.74. The van der Waals surface area contributed by atoms with Gasteiger partial charge in [0.1, 0.15) is 0 Å². The summed E-state index contributed by atoms with van der Waals surface area (Å²) in [5.41, 5.74) is 1.52. The van der Waals surface area contributed by atoms with Crippen molar-refractivity contribution >= 4 is 45.9 Å². The van der Waals surface area contributed by atoms with E-state index in [9.17, 15) is 9.59 Å². The molecule has 0 radical (unpaired) electrons. The zero-order valence-corrected chi connectivity index (χ0v) is 17.5. The second-order valence-corrected chi connectivity index (χ2v) is 8.27. The molecule has 1 amide bonds. The number of hydrogen-bond acceptors (Lipinski definition) is 5. The van der Waals surface area contributed by atoms with Crippen molar-refractivity contribution in [1.29, 1.82) is 5.26 Å². The average molecular weight is 427 g/mol. The maximum atomic E-state index is 13.0. The van der Waals surface area contributed by atoms with E-state index < -0.39 is 0 Å². The molecule has 1 N–H and O–H groups in total. The monoisotopic (exact) mass is 426 g/mol. The first-order valence-electron chi connectivity index (χ1n) is 9.00. The molecule has 2 aromatic carbocycles. The van der Waals surface area contributed by atoms with Crippen molar-refractivity contribution in [3.05, 3.63) is 63.4 Å². The minimum absolute atomic E-state index is 0.101. The molecule has 8 heteroatoms. The standard InChI is InChI=1S/C21H19ClN4O2S/c1-13(2)11-26-20(28)17-9-15(22)5-8-18(17)25-21(26)29-12-19(27)24-16-6-3-14(10-23)4-7-16/h3-9,13H,11-12H2,1-2H3,(H,24,27). The molecule has 0 bridgehead atoms. The number of nitrogens with one attached hydrogen (secondary N) is 1. The van der Waals surface area contributed by atoms with Crippen LogP contribution in [-0.4, -0.2) is 21.2 Å². The molecule has 0 unspecified atom stereocenters. The number of carbonyl (C=O) groups is 1. The number of hydrogen-bond donors (Lipinski definition) is 1. The molecule has 6 nitrogen and oxygen atoms in total. The van der Waals surface area contributed by atoms with E-state index in [4.69, 9.17) is 16.9 Å². The highest BCUT2D eigenvalue weighted by atomic mass is 35.5. The second-order valence-electron chi connectivity index (χ2n) is 6.89. The summed E-state index contributed by atoms with van der Waals surface area (Å²) in [4.78, 5) is 29.9. The van der Waals surface area contributed by atoms with E-state index in [2.05, 4.69) is 10.3 Å². The summed E-state index contributed by atoms with van der Waals surface area (Å²) in [5, 5.41) is 13.1. The maximum absolute atomic E-state index is 13.0. The Kier molecular flexibility index (Phi) is 6.57. The van der Waals surface area contributed by atoms with Crippen molar-refractivity contribution in [2.75, 3.05) is 11.1 Å². The Labute approximate surface area is 177 Å². The lowest BCUT2D eigenvalue weighted by Crippen LogP contribution is -2.26. The largest absolute Gasteiger partial charge is 0.325 e. The highest BCUT2D eigenvalue weighted by Crippen LogP contribution is 2.21. The first-order valence-corrected chi connectivity index (χ1v) is 10.4. The van der Waals surface area contributed by atoms with Gasteiger partial charge in [-0.05, 0) is 48.4 Å². The molecule has 0 atom stereocenters. The number of amides is 1. The number of aromatic nitrogens is 2. The SMILES string of the molecule is CC(C)Cn1c(SCC(=O)Nc2ccc(C#N)cc2)nc2ccc(Cl)cc2c1=O. The quantitative estimate of drug-likeness (QED) is 0.468. The molecular formula is C21H19ClN4O2S. The summed E-state index contributed by atoms with van der Waals surface area (Å²) in [5.74, 6) is 0.114. The van der Waals surface area contributed by atoms with Crippen LogP contribution >= 0.6 is 23.4 Å². The van der Waals surface area contributed by atoms with Crippen LogP contribution in [-0.2, 0) is 11.3 Å². The first kappa shape index (κ1) is 20.9.